The minimum Gasteiger partial charge on any atom is -0.465 e. The van der Waals surface area contributed by atoms with Crippen molar-refractivity contribution in [2.24, 2.45) is 0 Å². The Hall–Kier alpha value is -3.13. The van der Waals surface area contributed by atoms with Gasteiger partial charge in [-0.3, -0.25) is 14.2 Å². The van der Waals surface area contributed by atoms with Gasteiger partial charge in [0.2, 0.25) is 5.91 Å². The number of carbonyl (C=O) groups excluding carboxylic acids is 2. The minimum atomic E-state index is -0.401. The number of nitrogens with one attached hydrogen (secondary N) is 1. The molecule has 2 aromatic carbocycles. The Kier molecular flexibility index (Phi) is 6.66. The molecule has 0 radical (unpaired) electrons. The number of methoxy groups -OCH3 is 1. The van der Waals surface area contributed by atoms with Crippen molar-refractivity contribution in [3.63, 3.8) is 0 Å². The first-order valence-corrected chi connectivity index (χ1v) is 10.1. The van der Waals surface area contributed by atoms with Crippen molar-refractivity contribution in [3.8, 4) is 0 Å². The number of thioether (sulfide) groups is 1. The zero-order valence-electron chi connectivity index (χ0n) is 16.2. The van der Waals surface area contributed by atoms with Crippen molar-refractivity contribution in [2.45, 2.75) is 25.2 Å². The molecule has 8 heteroatoms. The number of para-hydroxylation sites is 1. The summed E-state index contributed by atoms with van der Waals surface area (Å²) in [7, 11) is 1.33. The molecule has 0 unspecified atom stereocenters. The van der Waals surface area contributed by atoms with Gasteiger partial charge >= 0.3 is 5.97 Å². The van der Waals surface area contributed by atoms with Crippen LogP contribution in [-0.2, 0) is 22.6 Å². The van der Waals surface area contributed by atoms with Gasteiger partial charge in [0.25, 0.3) is 5.56 Å². The molecule has 1 heterocycles. The van der Waals surface area contributed by atoms with Gasteiger partial charge in [-0.2, -0.15) is 0 Å². The van der Waals surface area contributed by atoms with Crippen LogP contribution in [-0.4, -0.2) is 34.3 Å². The first-order valence-electron chi connectivity index (χ1n) is 9.09. The summed E-state index contributed by atoms with van der Waals surface area (Å²) in [5, 5.41) is 3.92. The Labute approximate surface area is 172 Å². The van der Waals surface area contributed by atoms with E-state index in [1.165, 1.54) is 18.9 Å². The fraction of sp³-hybridized carbons (Fsp3) is 0.238. The van der Waals surface area contributed by atoms with Crippen LogP contribution in [0.15, 0.2) is 58.5 Å². The molecule has 0 fully saturated rings. The van der Waals surface area contributed by atoms with Gasteiger partial charge < -0.3 is 10.1 Å². The third-order valence-corrected chi connectivity index (χ3v) is 5.32. The lowest BCUT2D eigenvalue weighted by atomic mass is 10.1. The van der Waals surface area contributed by atoms with Crippen molar-refractivity contribution in [3.05, 3.63) is 70.0 Å². The predicted octanol–water partition coefficient (Wildman–Crippen LogP) is 2.61. The highest BCUT2D eigenvalue weighted by Crippen LogP contribution is 2.17. The first kappa shape index (κ1) is 20.6. The highest BCUT2D eigenvalue weighted by atomic mass is 32.2. The lowest BCUT2D eigenvalue weighted by Gasteiger charge is -2.11. The molecular weight excluding hydrogens is 390 g/mol. The minimum absolute atomic E-state index is 0.105. The molecule has 3 rings (SSSR count). The van der Waals surface area contributed by atoms with E-state index in [1.54, 1.807) is 41.0 Å². The summed E-state index contributed by atoms with van der Waals surface area (Å²) in [4.78, 5) is 40.8. The Bertz CT molecular complexity index is 1090. The summed E-state index contributed by atoms with van der Waals surface area (Å²) in [5.41, 5.74) is 1.84. The van der Waals surface area contributed by atoms with E-state index < -0.39 is 5.97 Å². The van der Waals surface area contributed by atoms with Gasteiger partial charge in [-0.05, 0) is 36.8 Å². The van der Waals surface area contributed by atoms with Crippen molar-refractivity contribution >= 4 is 34.5 Å². The van der Waals surface area contributed by atoms with Crippen molar-refractivity contribution in [2.75, 3.05) is 12.9 Å². The molecule has 0 bridgehead atoms. The number of amides is 1. The molecule has 0 spiro atoms. The van der Waals surface area contributed by atoms with E-state index in [1.807, 2.05) is 19.1 Å². The summed E-state index contributed by atoms with van der Waals surface area (Å²) < 4.78 is 6.24. The molecule has 0 aliphatic heterocycles. The maximum atomic E-state index is 12.6. The largest absolute Gasteiger partial charge is 0.465 e. The quantitative estimate of drug-likeness (QED) is 0.365. The molecular formula is C21H21N3O4S. The van der Waals surface area contributed by atoms with E-state index in [9.17, 15) is 14.4 Å². The molecule has 0 aliphatic rings. The standard InChI is InChI=1S/C21H21N3O4S/c1-3-24-19(26)16-6-4-5-7-17(16)23-21(24)29-13-18(25)22-12-14-8-10-15(11-9-14)20(27)28-2/h4-11H,3,12-13H2,1-2H3,(H,22,25). The van der Waals surface area contributed by atoms with Crippen LogP contribution in [0.3, 0.4) is 0 Å². The summed E-state index contributed by atoms with van der Waals surface area (Å²) in [6, 6.07) is 14.0. The van der Waals surface area contributed by atoms with Gasteiger partial charge in [-0.25, -0.2) is 9.78 Å². The number of esters is 1. The number of nitrogens with zero attached hydrogens (tertiary/aromatic N) is 2. The lowest BCUT2D eigenvalue weighted by molar-refractivity contribution is -0.118. The van der Waals surface area contributed by atoms with Crippen LogP contribution in [0.5, 0.6) is 0 Å². The van der Waals surface area contributed by atoms with Crippen LogP contribution in [0.4, 0.5) is 0 Å². The monoisotopic (exact) mass is 411 g/mol. The topological polar surface area (TPSA) is 90.3 Å². The summed E-state index contributed by atoms with van der Waals surface area (Å²) in [5.74, 6) is -0.427. The zero-order valence-corrected chi connectivity index (χ0v) is 17.0. The van der Waals surface area contributed by atoms with Crippen LogP contribution in [0.25, 0.3) is 10.9 Å². The van der Waals surface area contributed by atoms with Crippen molar-refractivity contribution in [1.82, 2.24) is 14.9 Å². The number of aromatic nitrogens is 2. The van der Waals surface area contributed by atoms with Gasteiger partial charge in [-0.15, -0.1) is 0 Å². The molecule has 1 N–H and O–H groups in total. The smallest absolute Gasteiger partial charge is 0.337 e. The van der Waals surface area contributed by atoms with E-state index in [-0.39, 0.29) is 17.2 Å². The second kappa shape index (κ2) is 9.38. The molecule has 0 saturated carbocycles. The number of hydrogen-bond acceptors (Lipinski definition) is 6. The van der Waals surface area contributed by atoms with Gasteiger partial charge in [-0.1, -0.05) is 36.0 Å². The van der Waals surface area contributed by atoms with E-state index in [0.717, 1.165) is 5.56 Å². The first-order chi connectivity index (χ1) is 14.0. The van der Waals surface area contributed by atoms with E-state index in [2.05, 4.69) is 15.0 Å². The van der Waals surface area contributed by atoms with Crippen LogP contribution >= 0.6 is 11.8 Å². The van der Waals surface area contributed by atoms with Gasteiger partial charge in [0.1, 0.15) is 0 Å². The molecule has 29 heavy (non-hydrogen) atoms. The normalized spacial score (nSPS) is 10.7. The average molecular weight is 411 g/mol. The van der Waals surface area contributed by atoms with Crippen molar-refractivity contribution in [1.29, 1.82) is 0 Å². The van der Waals surface area contributed by atoms with E-state index in [0.29, 0.717) is 34.7 Å². The predicted molar refractivity (Wildman–Crippen MR) is 112 cm³/mol. The number of fused-ring (bicyclic) bond motifs is 1. The zero-order chi connectivity index (χ0) is 20.8. The maximum Gasteiger partial charge on any atom is 0.337 e. The van der Waals surface area contributed by atoms with Gasteiger partial charge in [0, 0.05) is 13.1 Å². The Balaban J connectivity index is 1.62. The maximum absolute atomic E-state index is 12.6. The molecule has 1 aromatic heterocycles. The van der Waals surface area contributed by atoms with Gasteiger partial charge in [0.05, 0.1) is 29.3 Å². The Morgan fingerprint density at radius 2 is 1.86 bits per heavy atom. The number of hydrogen-bond donors (Lipinski definition) is 1. The number of rotatable bonds is 7. The highest BCUT2D eigenvalue weighted by Gasteiger charge is 2.12. The molecule has 150 valence electrons. The highest BCUT2D eigenvalue weighted by molar-refractivity contribution is 7.99. The molecule has 7 nitrogen and oxygen atoms in total. The molecule has 0 saturated heterocycles. The number of ether oxygens (including phenoxy) is 1. The molecule has 0 atom stereocenters. The number of carbonyl (C=O) groups is 2. The SMILES string of the molecule is CCn1c(SCC(=O)NCc2ccc(C(=O)OC)cc2)nc2ccccc2c1=O. The van der Waals surface area contributed by atoms with Crippen LogP contribution in [0, 0.1) is 0 Å². The summed E-state index contributed by atoms with van der Waals surface area (Å²) in [6.45, 7) is 2.69. The fourth-order valence-electron chi connectivity index (χ4n) is 2.80. The summed E-state index contributed by atoms with van der Waals surface area (Å²) >= 11 is 1.23. The van der Waals surface area contributed by atoms with Crippen LogP contribution in [0.2, 0.25) is 0 Å². The molecule has 3 aromatic rings. The van der Waals surface area contributed by atoms with E-state index in [4.69, 9.17) is 0 Å². The average Bonchev–Trinajstić information content (AvgIpc) is 2.76. The second-order valence-electron chi connectivity index (χ2n) is 6.21. The van der Waals surface area contributed by atoms with Gasteiger partial charge in [0.15, 0.2) is 5.16 Å². The Morgan fingerprint density at radius 1 is 1.14 bits per heavy atom. The third-order valence-electron chi connectivity index (χ3n) is 4.34. The fourth-order valence-corrected chi connectivity index (χ4v) is 3.69. The third kappa shape index (κ3) is 4.83. The number of benzene rings is 2. The lowest BCUT2D eigenvalue weighted by Crippen LogP contribution is -2.26. The van der Waals surface area contributed by atoms with Crippen LogP contribution in [0.1, 0.15) is 22.8 Å². The summed E-state index contributed by atoms with van der Waals surface area (Å²) in [6.07, 6.45) is 0. The second-order valence-corrected chi connectivity index (χ2v) is 7.16. The van der Waals surface area contributed by atoms with E-state index >= 15 is 0 Å². The molecule has 0 aliphatic carbocycles. The van der Waals surface area contributed by atoms with Crippen LogP contribution < -0.4 is 10.9 Å². The Morgan fingerprint density at radius 3 is 2.55 bits per heavy atom. The van der Waals surface area contributed by atoms with Crippen molar-refractivity contribution < 1.29 is 14.3 Å². The molecule has 1 amide bonds.